The van der Waals surface area contributed by atoms with Gasteiger partial charge in [-0.05, 0) is 0 Å². The molecule has 0 bridgehead atoms. The number of nitrogens with zero attached hydrogens (tertiary/aromatic N) is 2. The minimum atomic E-state index is 0.0369. The Morgan fingerprint density at radius 2 is 2.10 bits per heavy atom. The average molecular weight is 142 g/mol. The summed E-state index contributed by atoms with van der Waals surface area (Å²) in [4.78, 5) is 12.7. The van der Waals surface area contributed by atoms with Crippen molar-refractivity contribution in [1.82, 2.24) is 10.2 Å². The lowest BCUT2D eigenvalue weighted by molar-refractivity contribution is -0.130. The lowest BCUT2D eigenvalue weighted by Crippen LogP contribution is -2.46. The van der Waals surface area contributed by atoms with E-state index in [0.717, 1.165) is 26.2 Å². The summed E-state index contributed by atoms with van der Waals surface area (Å²) in [6.07, 6.45) is 0. The highest BCUT2D eigenvalue weighted by molar-refractivity contribution is 5.78. The molecule has 4 nitrogen and oxygen atoms in total. The van der Waals surface area contributed by atoms with E-state index in [2.05, 4.69) is 5.32 Å². The second-order valence-corrected chi connectivity index (χ2v) is 2.26. The second-order valence-electron chi connectivity index (χ2n) is 2.26. The first-order valence-electron chi connectivity index (χ1n) is 3.45. The van der Waals surface area contributed by atoms with Gasteiger partial charge < -0.3 is 10.6 Å². The van der Waals surface area contributed by atoms with Crippen LogP contribution in [0.25, 0.3) is 0 Å². The molecule has 1 amide bonds. The molecule has 0 aromatic carbocycles. The van der Waals surface area contributed by atoms with Crippen LogP contribution >= 0.6 is 0 Å². The van der Waals surface area contributed by atoms with Crippen molar-refractivity contribution in [2.45, 2.75) is 0 Å². The number of hydrogen-bond acceptors (Lipinski definition) is 2. The van der Waals surface area contributed by atoms with Gasteiger partial charge in [-0.3, -0.25) is 4.79 Å². The number of nitrogens with two attached hydrogens (primary N) is 1. The van der Waals surface area contributed by atoms with E-state index in [0.29, 0.717) is 0 Å². The molecule has 0 aromatic heterocycles. The van der Waals surface area contributed by atoms with Crippen molar-refractivity contribution in [3.63, 3.8) is 0 Å². The molecule has 1 aliphatic heterocycles. The van der Waals surface area contributed by atoms with Gasteiger partial charge in [0.15, 0.2) is 0 Å². The van der Waals surface area contributed by atoms with Gasteiger partial charge in [0.2, 0.25) is 5.91 Å². The molecule has 0 spiro atoms. The molecule has 1 radical (unpaired) electrons. The van der Waals surface area contributed by atoms with Gasteiger partial charge in [0.05, 0.1) is 6.54 Å². The van der Waals surface area contributed by atoms with Gasteiger partial charge >= 0.3 is 0 Å². The van der Waals surface area contributed by atoms with Crippen molar-refractivity contribution in [1.29, 1.82) is 0 Å². The summed E-state index contributed by atoms with van der Waals surface area (Å²) in [5, 5.41) is 4.11. The zero-order valence-electron chi connectivity index (χ0n) is 5.92. The molecule has 1 saturated heterocycles. The largest absolute Gasteiger partial charge is 0.339 e. The third-order valence-electron chi connectivity index (χ3n) is 1.58. The van der Waals surface area contributed by atoms with Gasteiger partial charge in [0.25, 0.3) is 0 Å². The summed E-state index contributed by atoms with van der Waals surface area (Å²) in [6.45, 7) is 3.16. The maximum absolute atomic E-state index is 10.9. The van der Waals surface area contributed by atoms with Crippen LogP contribution < -0.4 is 11.1 Å². The summed E-state index contributed by atoms with van der Waals surface area (Å²) in [6, 6.07) is 0. The van der Waals surface area contributed by atoms with E-state index in [9.17, 15) is 4.79 Å². The Morgan fingerprint density at radius 1 is 1.50 bits per heavy atom. The molecular weight excluding hydrogens is 130 g/mol. The maximum Gasteiger partial charge on any atom is 0.236 e. The van der Waals surface area contributed by atoms with Crippen LogP contribution in [0.5, 0.6) is 0 Å². The lowest BCUT2D eigenvalue weighted by atomic mass is 10.3. The van der Waals surface area contributed by atoms with Gasteiger partial charge in [-0.25, -0.2) is 5.32 Å². The Labute approximate surface area is 60.4 Å². The highest BCUT2D eigenvalue weighted by atomic mass is 16.2. The fourth-order valence-corrected chi connectivity index (χ4v) is 0.985. The van der Waals surface area contributed by atoms with E-state index in [1.165, 1.54) is 0 Å². The Morgan fingerprint density at radius 3 is 2.60 bits per heavy atom. The van der Waals surface area contributed by atoms with Crippen molar-refractivity contribution < 1.29 is 4.79 Å². The molecule has 2 N–H and O–H groups in total. The van der Waals surface area contributed by atoms with Crippen LogP contribution in [0.3, 0.4) is 0 Å². The molecule has 1 aliphatic rings. The van der Waals surface area contributed by atoms with Crippen LogP contribution in [0.2, 0.25) is 0 Å². The van der Waals surface area contributed by atoms with E-state index in [1.54, 1.807) is 4.90 Å². The zero-order chi connectivity index (χ0) is 7.40. The molecular formula is C6H12N3O. The molecule has 4 heteroatoms. The maximum atomic E-state index is 10.9. The third kappa shape index (κ3) is 1.68. The lowest BCUT2D eigenvalue weighted by Gasteiger charge is -2.25. The first-order valence-corrected chi connectivity index (χ1v) is 3.45. The SMILES string of the molecule is NCC(=O)N1CC[N]CC1. The van der Waals surface area contributed by atoms with E-state index >= 15 is 0 Å². The molecule has 0 aromatic rings. The highest BCUT2D eigenvalue weighted by Crippen LogP contribution is 1.91. The summed E-state index contributed by atoms with van der Waals surface area (Å²) < 4.78 is 0. The van der Waals surface area contributed by atoms with Crippen LogP contribution in [0, 0.1) is 0 Å². The van der Waals surface area contributed by atoms with Crippen LogP contribution in [0.4, 0.5) is 0 Å². The number of hydrogen-bond donors (Lipinski definition) is 1. The molecule has 0 aliphatic carbocycles. The summed E-state index contributed by atoms with van der Waals surface area (Å²) >= 11 is 0. The van der Waals surface area contributed by atoms with E-state index in [-0.39, 0.29) is 12.5 Å². The average Bonchev–Trinajstić information content (AvgIpc) is 2.05. The van der Waals surface area contributed by atoms with Crippen molar-refractivity contribution >= 4 is 5.91 Å². The molecule has 1 rings (SSSR count). The van der Waals surface area contributed by atoms with Gasteiger partial charge in [-0.1, -0.05) is 0 Å². The summed E-state index contributed by atoms with van der Waals surface area (Å²) in [5.74, 6) is 0.0369. The van der Waals surface area contributed by atoms with Crippen LogP contribution in [0.1, 0.15) is 0 Å². The van der Waals surface area contributed by atoms with Crippen molar-refractivity contribution in [3.05, 3.63) is 0 Å². The molecule has 0 atom stereocenters. The number of rotatable bonds is 1. The minimum absolute atomic E-state index is 0.0369. The van der Waals surface area contributed by atoms with E-state index in [4.69, 9.17) is 5.73 Å². The van der Waals surface area contributed by atoms with Gasteiger partial charge in [0.1, 0.15) is 0 Å². The van der Waals surface area contributed by atoms with Crippen molar-refractivity contribution in [2.24, 2.45) is 5.73 Å². The number of carbonyl (C=O) groups excluding carboxylic acids is 1. The van der Waals surface area contributed by atoms with Crippen LogP contribution in [0.15, 0.2) is 0 Å². The molecule has 10 heavy (non-hydrogen) atoms. The van der Waals surface area contributed by atoms with Gasteiger partial charge in [0, 0.05) is 26.2 Å². The molecule has 1 heterocycles. The van der Waals surface area contributed by atoms with E-state index in [1.807, 2.05) is 0 Å². The predicted molar refractivity (Wildman–Crippen MR) is 37.5 cm³/mol. The smallest absolute Gasteiger partial charge is 0.236 e. The Hall–Kier alpha value is -0.610. The Balaban J connectivity index is 2.31. The van der Waals surface area contributed by atoms with Crippen molar-refractivity contribution in [2.75, 3.05) is 32.7 Å². The van der Waals surface area contributed by atoms with Crippen molar-refractivity contribution in [3.8, 4) is 0 Å². The molecule has 57 valence electrons. The van der Waals surface area contributed by atoms with Gasteiger partial charge in [-0.15, -0.1) is 0 Å². The van der Waals surface area contributed by atoms with E-state index < -0.39 is 0 Å². The fourth-order valence-electron chi connectivity index (χ4n) is 0.985. The summed E-state index contributed by atoms with van der Waals surface area (Å²) in [7, 11) is 0. The number of amides is 1. The Kier molecular flexibility index (Phi) is 2.65. The standard InChI is InChI=1S/C6H12N3O/c7-5-6(10)9-3-1-8-2-4-9/h1-5,7H2. The molecule has 1 fully saturated rings. The number of carbonyl (C=O) groups is 1. The highest BCUT2D eigenvalue weighted by Gasteiger charge is 2.14. The first-order chi connectivity index (χ1) is 4.84. The summed E-state index contributed by atoms with van der Waals surface area (Å²) in [5.41, 5.74) is 5.18. The minimum Gasteiger partial charge on any atom is -0.339 e. The zero-order valence-corrected chi connectivity index (χ0v) is 5.92. The molecule has 0 unspecified atom stereocenters. The third-order valence-corrected chi connectivity index (χ3v) is 1.58. The number of piperazine rings is 1. The monoisotopic (exact) mass is 142 g/mol. The predicted octanol–water partition coefficient (Wildman–Crippen LogP) is -1.61. The second kappa shape index (κ2) is 3.53. The quantitative estimate of drug-likeness (QED) is 0.479. The first kappa shape index (κ1) is 7.50. The van der Waals surface area contributed by atoms with Gasteiger partial charge in [-0.2, -0.15) is 0 Å². The topological polar surface area (TPSA) is 60.4 Å². The normalized spacial score (nSPS) is 19.1. The Bertz CT molecular complexity index is 120. The van der Waals surface area contributed by atoms with Crippen LogP contribution in [-0.4, -0.2) is 43.5 Å². The van der Waals surface area contributed by atoms with Crippen LogP contribution in [-0.2, 0) is 4.79 Å². The fraction of sp³-hybridized carbons (Fsp3) is 0.833. The molecule has 0 saturated carbocycles.